The number of benzene rings is 1. The molecule has 0 spiro atoms. The van der Waals surface area contributed by atoms with Crippen LogP contribution in [-0.2, 0) is 6.42 Å². The van der Waals surface area contributed by atoms with Crippen LogP contribution in [0.2, 0.25) is 0 Å². The maximum Gasteiger partial charge on any atom is 0.393 e. The van der Waals surface area contributed by atoms with E-state index in [0.29, 0.717) is 17.9 Å². The quantitative estimate of drug-likeness (QED) is 0.742. The Kier molecular flexibility index (Phi) is 3.55. The molecule has 0 aliphatic heterocycles. The predicted molar refractivity (Wildman–Crippen MR) is 62.1 cm³/mol. The lowest BCUT2D eigenvalue weighted by molar-refractivity contribution is 0.0985. The van der Waals surface area contributed by atoms with Gasteiger partial charge in [0.05, 0.1) is 19.2 Å². The van der Waals surface area contributed by atoms with Crippen LogP contribution in [0.15, 0.2) is 40.9 Å². The highest BCUT2D eigenvalue weighted by molar-refractivity contribution is 5.97. The van der Waals surface area contributed by atoms with Gasteiger partial charge in [0.1, 0.15) is 5.76 Å². The molecule has 88 valence electrons. The first-order chi connectivity index (χ1) is 8.29. The molecule has 0 atom stereocenters. The minimum atomic E-state index is 0.00444. The van der Waals surface area contributed by atoms with Gasteiger partial charge in [-0.2, -0.15) is 4.98 Å². The number of ether oxygens (including phenoxy) is 1. The molecule has 1 aromatic heterocycles. The zero-order chi connectivity index (χ0) is 12.1. The molecule has 0 N–H and O–H groups in total. The Morgan fingerprint density at radius 2 is 2.12 bits per heavy atom. The van der Waals surface area contributed by atoms with Crippen LogP contribution >= 0.6 is 0 Å². The molecule has 0 unspecified atom stereocenters. The summed E-state index contributed by atoms with van der Waals surface area (Å²) in [5, 5.41) is 0. The molecule has 0 aliphatic rings. The molecule has 0 amide bonds. The minimum absolute atomic E-state index is 0.00444. The second-order valence-electron chi connectivity index (χ2n) is 3.49. The first kappa shape index (κ1) is 11.4. The Morgan fingerprint density at radius 3 is 2.82 bits per heavy atom. The van der Waals surface area contributed by atoms with Gasteiger partial charge in [-0.1, -0.05) is 30.3 Å². The molecule has 0 saturated carbocycles. The minimum Gasteiger partial charge on any atom is -0.450 e. The molecule has 2 aromatic rings. The molecule has 2 rings (SSSR count). The third kappa shape index (κ3) is 2.93. The number of hydrogen-bond donors (Lipinski definition) is 0. The Labute approximate surface area is 99.2 Å². The predicted octanol–water partition coefficient (Wildman–Crippen LogP) is 2.50. The third-order valence-corrected chi connectivity index (χ3v) is 2.23. The fourth-order valence-corrected chi connectivity index (χ4v) is 1.45. The van der Waals surface area contributed by atoms with Crippen molar-refractivity contribution in [2.24, 2.45) is 0 Å². The van der Waals surface area contributed by atoms with Gasteiger partial charge in [0.15, 0.2) is 5.78 Å². The van der Waals surface area contributed by atoms with Crippen molar-refractivity contribution in [2.75, 3.05) is 6.61 Å². The molecule has 0 fully saturated rings. The van der Waals surface area contributed by atoms with E-state index in [-0.39, 0.29) is 18.3 Å². The number of carbonyl (C=O) groups is 1. The van der Waals surface area contributed by atoms with Crippen LogP contribution in [0, 0.1) is 0 Å². The van der Waals surface area contributed by atoms with Gasteiger partial charge in [0.2, 0.25) is 0 Å². The van der Waals surface area contributed by atoms with Crippen LogP contribution in [-0.4, -0.2) is 17.4 Å². The van der Waals surface area contributed by atoms with Gasteiger partial charge in [0.25, 0.3) is 0 Å². The van der Waals surface area contributed by atoms with Crippen molar-refractivity contribution in [3.05, 3.63) is 47.9 Å². The Bertz CT molecular complexity index is 490. The maximum atomic E-state index is 11.9. The van der Waals surface area contributed by atoms with Crippen LogP contribution in [0.4, 0.5) is 0 Å². The summed E-state index contributed by atoms with van der Waals surface area (Å²) in [5.74, 6) is 0.520. The zero-order valence-electron chi connectivity index (χ0n) is 9.55. The summed E-state index contributed by atoms with van der Waals surface area (Å²) in [6, 6.07) is 9.10. The molecule has 4 heteroatoms. The SMILES string of the molecule is CCOc1ncc(CC(=O)c2ccccc2)o1. The van der Waals surface area contributed by atoms with Crippen molar-refractivity contribution in [3.63, 3.8) is 0 Å². The summed E-state index contributed by atoms with van der Waals surface area (Å²) >= 11 is 0. The van der Waals surface area contributed by atoms with Gasteiger partial charge in [0, 0.05) is 5.56 Å². The van der Waals surface area contributed by atoms with Crippen molar-refractivity contribution < 1.29 is 13.9 Å². The lowest BCUT2D eigenvalue weighted by Crippen LogP contribution is -2.02. The van der Waals surface area contributed by atoms with Gasteiger partial charge in [-0.25, -0.2) is 0 Å². The number of rotatable bonds is 5. The summed E-state index contributed by atoms with van der Waals surface area (Å²) < 4.78 is 10.3. The smallest absolute Gasteiger partial charge is 0.393 e. The number of hydrogen-bond acceptors (Lipinski definition) is 4. The standard InChI is InChI=1S/C13H13NO3/c1-2-16-13-14-9-11(17-13)8-12(15)10-6-4-3-5-7-10/h3-7,9H,2,8H2,1H3. The zero-order valence-corrected chi connectivity index (χ0v) is 9.55. The molecule has 0 radical (unpaired) electrons. The number of aromatic nitrogens is 1. The van der Waals surface area contributed by atoms with Crippen molar-refractivity contribution in [1.82, 2.24) is 4.98 Å². The molecule has 4 nitrogen and oxygen atoms in total. The van der Waals surface area contributed by atoms with Crippen molar-refractivity contribution in [3.8, 4) is 6.08 Å². The van der Waals surface area contributed by atoms with E-state index in [1.807, 2.05) is 25.1 Å². The van der Waals surface area contributed by atoms with Gasteiger partial charge < -0.3 is 9.15 Å². The highest BCUT2D eigenvalue weighted by Gasteiger charge is 2.11. The average molecular weight is 231 g/mol. The summed E-state index contributed by atoms with van der Waals surface area (Å²) in [6.07, 6.45) is 1.93. The van der Waals surface area contributed by atoms with E-state index in [1.165, 1.54) is 6.20 Å². The number of nitrogens with zero attached hydrogens (tertiary/aromatic N) is 1. The Morgan fingerprint density at radius 1 is 1.35 bits per heavy atom. The van der Waals surface area contributed by atoms with Crippen molar-refractivity contribution in [1.29, 1.82) is 0 Å². The van der Waals surface area contributed by atoms with Crippen LogP contribution in [0.25, 0.3) is 0 Å². The van der Waals surface area contributed by atoms with Gasteiger partial charge in [-0.3, -0.25) is 4.79 Å². The third-order valence-electron chi connectivity index (χ3n) is 2.23. The molecule has 0 saturated heterocycles. The first-order valence-electron chi connectivity index (χ1n) is 5.45. The maximum absolute atomic E-state index is 11.9. The van der Waals surface area contributed by atoms with Gasteiger partial charge >= 0.3 is 6.08 Å². The average Bonchev–Trinajstić information content (AvgIpc) is 2.78. The van der Waals surface area contributed by atoms with Gasteiger partial charge in [-0.05, 0) is 6.92 Å². The molecule has 1 aromatic carbocycles. The van der Waals surface area contributed by atoms with E-state index < -0.39 is 0 Å². The van der Waals surface area contributed by atoms with Crippen LogP contribution in [0.3, 0.4) is 0 Å². The lowest BCUT2D eigenvalue weighted by atomic mass is 10.1. The summed E-state index contributed by atoms with van der Waals surface area (Å²) in [4.78, 5) is 15.8. The Hall–Kier alpha value is -2.10. The van der Waals surface area contributed by atoms with Crippen LogP contribution < -0.4 is 4.74 Å². The molecule has 0 bridgehead atoms. The second-order valence-corrected chi connectivity index (χ2v) is 3.49. The normalized spacial score (nSPS) is 10.2. The first-order valence-corrected chi connectivity index (χ1v) is 5.45. The lowest BCUT2D eigenvalue weighted by Gasteiger charge is -1.97. The second kappa shape index (κ2) is 5.30. The summed E-state index contributed by atoms with van der Waals surface area (Å²) in [5.41, 5.74) is 0.668. The van der Waals surface area contributed by atoms with E-state index in [0.717, 1.165) is 0 Å². The van der Waals surface area contributed by atoms with E-state index >= 15 is 0 Å². The topological polar surface area (TPSA) is 52.3 Å². The van der Waals surface area contributed by atoms with Crippen LogP contribution in [0.1, 0.15) is 23.0 Å². The molecular formula is C13H13NO3. The van der Waals surface area contributed by atoms with Crippen molar-refractivity contribution >= 4 is 5.78 Å². The van der Waals surface area contributed by atoms with Gasteiger partial charge in [-0.15, -0.1) is 0 Å². The van der Waals surface area contributed by atoms with E-state index in [2.05, 4.69) is 4.98 Å². The fourth-order valence-electron chi connectivity index (χ4n) is 1.45. The summed E-state index contributed by atoms with van der Waals surface area (Å²) in [6.45, 7) is 2.34. The van der Waals surface area contributed by atoms with Crippen molar-refractivity contribution in [2.45, 2.75) is 13.3 Å². The highest BCUT2D eigenvalue weighted by atomic mass is 16.6. The number of oxazole rings is 1. The largest absolute Gasteiger partial charge is 0.450 e. The molecule has 17 heavy (non-hydrogen) atoms. The molecule has 1 heterocycles. The summed E-state index contributed by atoms with van der Waals surface area (Å²) in [7, 11) is 0. The monoisotopic (exact) mass is 231 g/mol. The van der Waals surface area contributed by atoms with E-state index in [4.69, 9.17) is 9.15 Å². The fraction of sp³-hybridized carbons (Fsp3) is 0.231. The molecule has 0 aliphatic carbocycles. The van der Waals surface area contributed by atoms with E-state index in [9.17, 15) is 4.79 Å². The van der Waals surface area contributed by atoms with Crippen LogP contribution in [0.5, 0.6) is 6.08 Å². The number of ketones is 1. The van der Waals surface area contributed by atoms with E-state index in [1.54, 1.807) is 12.1 Å². The number of carbonyl (C=O) groups excluding carboxylic acids is 1. The number of Topliss-reactive ketones (excluding diaryl/α,β-unsaturated/α-hetero) is 1. The highest BCUT2D eigenvalue weighted by Crippen LogP contribution is 2.13. The molecular weight excluding hydrogens is 218 g/mol. The Balaban J connectivity index is 2.03.